The Bertz CT molecular complexity index is 786. The molecule has 0 bridgehead atoms. The van der Waals surface area contributed by atoms with E-state index in [1.54, 1.807) is 6.07 Å². The molecule has 0 spiro atoms. The van der Waals surface area contributed by atoms with E-state index in [-0.39, 0.29) is 5.92 Å². The van der Waals surface area contributed by atoms with Crippen molar-refractivity contribution in [1.29, 1.82) is 0 Å². The molecule has 0 N–H and O–H groups in total. The molecule has 2 heteroatoms. The van der Waals surface area contributed by atoms with Crippen molar-refractivity contribution in [3.05, 3.63) is 105 Å². The van der Waals surface area contributed by atoms with E-state index < -0.39 is 0 Å². The van der Waals surface area contributed by atoms with Gasteiger partial charge in [-0.3, -0.25) is 0 Å². The van der Waals surface area contributed by atoms with Crippen molar-refractivity contribution >= 4 is 23.2 Å². The first-order chi connectivity index (χ1) is 10.7. The highest BCUT2D eigenvalue weighted by atomic mass is 35.5. The standard InChI is InChI=1S/C20H14Cl2/c21-16-10-15(11-17(22)12-16)20-18-7-3-1-5-13(18)9-14-6-2-4-8-19(14)20/h1-8,10-12,20H,9H2. The molecular weight excluding hydrogens is 311 g/mol. The number of fused-ring (bicyclic) bond motifs is 2. The van der Waals surface area contributed by atoms with Crippen LogP contribution in [0.5, 0.6) is 0 Å². The fraction of sp³-hybridized carbons (Fsp3) is 0.100. The maximum atomic E-state index is 6.24. The van der Waals surface area contributed by atoms with Crippen LogP contribution in [-0.4, -0.2) is 0 Å². The molecule has 1 aliphatic rings. The summed E-state index contributed by atoms with van der Waals surface area (Å²) in [5, 5.41) is 1.37. The molecule has 0 saturated carbocycles. The molecule has 0 unspecified atom stereocenters. The van der Waals surface area contributed by atoms with Crippen molar-refractivity contribution < 1.29 is 0 Å². The fourth-order valence-corrected chi connectivity index (χ4v) is 3.97. The summed E-state index contributed by atoms with van der Waals surface area (Å²) in [5.41, 5.74) is 6.60. The van der Waals surface area contributed by atoms with Gasteiger partial charge in [0.05, 0.1) is 0 Å². The van der Waals surface area contributed by atoms with Crippen molar-refractivity contribution in [2.45, 2.75) is 12.3 Å². The second kappa shape index (κ2) is 5.46. The van der Waals surface area contributed by atoms with Crippen LogP contribution in [0.1, 0.15) is 33.7 Å². The Kier molecular flexibility index (Phi) is 3.44. The predicted molar refractivity (Wildman–Crippen MR) is 93.1 cm³/mol. The van der Waals surface area contributed by atoms with E-state index >= 15 is 0 Å². The Morgan fingerprint density at radius 3 is 1.73 bits per heavy atom. The molecule has 0 fully saturated rings. The van der Waals surface area contributed by atoms with Crippen LogP contribution in [0.2, 0.25) is 10.0 Å². The number of hydrogen-bond donors (Lipinski definition) is 0. The Balaban J connectivity index is 1.98. The first-order valence-corrected chi connectivity index (χ1v) is 8.09. The molecule has 108 valence electrons. The lowest BCUT2D eigenvalue weighted by atomic mass is 9.75. The molecule has 0 amide bonds. The predicted octanol–water partition coefficient (Wildman–Crippen LogP) is 6.08. The minimum absolute atomic E-state index is 0.192. The van der Waals surface area contributed by atoms with Crippen molar-refractivity contribution in [1.82, 2.24) is 0 Å². The molecule has 3 aromatic carbocycles. The van der Waals surface area contributed by atoms with Gasteiger partial charge in [-0.25, -0.2) is 0 Å². The molecule has 0 heterocycles. The highest BCUT2D eigenvalue weighted by Crippen LogP contribution is 2.41. The SMILES string of the molecule is Clc1cc(Cl)cc(C2c3ccccc3Cc3ccccc32)c1. The maximum absolute atomic E-state index is 6.24. The highest BCUT2D eigenvalue weighted by molar-refractivity contribution is 6.34. The normalized spacial score (nSPS) is 13.5. The van der Waals surface area contributed by atoms with Gasteiger partial charge in [-0.15, -0.1) is 0 Å². The number of benzene rings is 3. The topological polar surface area (TPSA) is 0 Å². The van der Waals surface area contributed by atoms with E-state index in [9.17, 15) is 0 Å². The van der Waals surface area contributed by atoms with Gasteiger partial charge in [0.1, 0.15) is 0 Å². The molecule has 22 heavy (non-hydrogen) atoms. The number of rotatable bonds is 1. The summed E-state index contributed by atoms with van der Waals surface area (Å²) in [7, 11) is 0. The van der Waals surface area contributed by atoms with Crippen LogP contribution in [0.4, 0.5) is 0 Å². The second-order valence-electron chi connectivity index (χ2n) is 5.71. The minimum atomic E-state index is 0.192. The summed E-state index contributed by atoms with van der Waals surface area (Å²) in [6.07, 6.45) is 0.983. The van der Waals surface area contributed by atoms with Gasteiger partial charge in [0.2, 0.25) is 0 Å². The molecule has 3 aromatic rings. The van der Waals surface area contributed by atoms with Crippen LogP contribution in [-0.2, 0) is 6.42 Å². The zero-order valence-electron chi connectivity index (χ0n) is 11.9. The van der Waals surface area contributed by atoms with Gasteiger partial charge in [-0.2, -0.15) is 0 Å². The molecule has 1 aliphatic carbocycles. The highest BCUT2D eigenvalue weighted by Gasteiger charge is 2.26. The summed E-state index contributed by atoms with van der Waals surface area (Å²) in [6.45, 7) is 0. The Morgan fingerprint density at radius 1 is 0.682 bits per heavy atom. The van der Waals surface area contributed by atoms with Crippen molar-refractivity contribution in [2.24, 2.45) is 0 Å². The van der Waals surface area contributed by atoms with Gasteiger partial charge in [0.15, 0.2) is 0 Å². The number of hydrogen-bond acceptors (Lipinski definition) is 0. The molecule has 0 aliphatic heterocycles. The molecule has 4 rings (SSSR count). The van der Waals surface area contributed by atoms with Gasteiger partial charge in [0.25, 0.3) is 0 Å². The third kappa shape index (κ3) is 2.33. The molecule has 0 nitrogen and oxygen atoms in total. The van der Waals surface area contributed by atoms with E-state index in [1.807, 2.05) is 12.1 Å². The van der Waals surface area contributed by atoms with E-state index in [4.69, 9.17) is 23.2 Å². The average Bonchev–Trinajstić information content (AvgIpc) is 2.51. The first-order valence-electron chi connectivity index (χ1n) is 7.34. The zero-order valence-corrected chi connectivity index (χ0v) is 13.4. The van der Waals surface area contributed by atoms with Crippen molar-refractivity contribution in [3.63, 3.8) is 0 Å². The summed E-state index contributed by atoms with van der Waals surface area (Å²) in [5.74, 6) is 0.192. The first kappa shape index (κ1) is 13.9. The molecule has 0 radical (unpaired) electrons. The molecule has 0 saturated heterocycles. The molecule has 0 atom stereocenters. The molecule has 0 aromatic heterocycles. The van der Waals surface area contributed by atoms with Gasteiger partial charge in [-0.1, -0.05) is 71.7 Å². The maximum Gasteiger partial charge on any atom is 0.0423 e. The Hall–Kier alpha value is -1.76. The lowest BCUT2D eigenvalue weighted by Crippen LogP contribution is -2.14. The summed E-state index contributed by atoms with van der Waals surface area (Å²) >= 11 is 12.5. The average molecular weight is 325 g/mol. The summed E-state index contributed by atoms with van der Waals surface area (Å²) < 4.78 is 0. The summed E-state index contributed by atoms with van der Waals surface area (Å²) in [4.78, 5) is 0. The largest absolute Gasteiger partial charge is 0.0843 e. The van der Waals surface area contributed by atoms with Crippen LogP contribution < -0.4 is 0 Å². The van der Waals surface area contributed by atoms with E-state index in [0.717, 1.165) is 12.0 Å². The van der Waals surface area contributed by atoms with Crippen LogP contribution in [0.15, 0.2) is 66.7 Å². The zero-order chi connectivity index (χ0) is 15.1. The van der Waals surface area contributed by atoms with Crippen LogP contribution in [0.25, 0.3) is 0 Å². The summed E-state index contributed by atoms with van der Waals surface area (Å²) in [6, 6.07) is 23.1. The Labute approximate surface area is 140 Å². The van der Waals surface area contributed by atoms with Crippen LogP contribution in [0.3, 0.4) is 0 Å². The van der Waals surface area contributed by atoms with E-state index in [0.29, 0.717) is 10.0 Å². The van der Waals surface area contributed by atoms with Gasteiger partial charge < -0.3 is 0 Å². The third-order valence-electron chi connectivity index (χ3n) is 4.33. The molecular formula is C20H14Cl2. The van der Waals surface area contributed by atoms with Gasteiger partial charge >= 0.3 is 0 Å². The smallest absolute Gasteiger partial charge is 0.0423 e. The third-order valence-corrected chi connectivity index (χ3v) is 4.77. The second-order valence-corrected chi connectivity index (χ2v) is 6.58. The van der Waals surface area contributed by atoms with E-state index in [1.165, 1.54) is 22.3 Å². The van der Waals surface area contributed by atoms with Crippen molar-refractivity contribution in [2.75, 3.05) is 0 Å². The monoisotopic (exact) mass is 324 g/mol. The fourth-order valence-electron chi connectivity index (χ4n) is 3.43. The van der Waals surface area contributed by atoms with Crippen LogP contribution >= 0.6 is 23.2 Å². The lowest BCUT2D eigenvalue weighted by Gasteiger charge is -2.29. The van der Waals surface area contributed by atoms with E-state index in [2.05, 4.69) is 48.5 Å². The lowest BCUT2D eigenvalue weighted by molar-refractivity contribution is 0.885. The van der Waals surface area contributed by atoms with Gasteiger partial charge in [0, 0.05) is 16.0 Å². The quantitative estimate of drug-likeness (QED) is 0.398. The Morgan fingerprint density at radius 2 is 1.18 bits per heavy atom. The van der Waals surface area contributed by atoms with Crippen molar-refractivity contribution in [3.8, 4) is 0 Å². The number of halogens is 2. The van der Waals surface area contributed by atoms with Gasteiger partial charge in [-0.05, 0) is 52.4 Å². The van der Waals surface area contributed by atoms with Crippen LogP contribution in [0, 0.1) is 0 Å². The minimum Gasteiger partial charge on any atom is -0.0843 e.